The first-order chi connectivity index (χ1) is 14.2. The standard InChI is InChI=1S/C22H22FN3O3/c23-17-5-4-8-20(11-17)28-14-18-12-21(25-24-18)16-9-10-26(13-16)22(27)15-29-19-6-2-1-3-7-19/h1-8,11-12,16H,9-10,13-15H2,(H,24,25). The lowest BCUT2D eigenvalue weighted by atomic mass is 10.1. The van der Waals surface area contributed by atoms with Gasteiger partial charge in [-0.1, -0.05) is 24.3 Å². The maximum absolute atomic E-state index is 13.2. The summed E-state index contributed by atoms with van der Waals surface area (Å²) >= 11 is 0. The zero-order valence-corrected chi connectivity index (χ0v) is 15.9. The van der Waals surface area contributed by atoms with Gasteiger partial charge in [0.25, 0.3) is 5.91 Å². The van der Waals surface area contributed by atoms with Gasteiger partial charge in [0.2, 0.25) is 0 Å². The van der Waals surface area contributed by atoms with Gasteiger partial charge in [0, 0.05) is 25.1 Å². The molecule has 150 valence electrons. The van der Waals surface area contributed by atoms with E-state index in [4.69, 9.17) is 9.47 Å². The number of aromatic nitrogens is 2. The number of para-hydroxylation sites is 1. The molecule has 0 aliphatic carbocycles. The largest absolute Gasteiger partial charge is 0.487 e. The van der Waals surface area contributed by atoms with Crippen molar-refractivity contribution in [1.29, 1.82) is 0 Å². The molecule has 0 bridgehead atoms. The SMILES string of the molecule is O=C(COc1ccccc1)N1CCC(c2cc(COc3cccc(F)c3)[nH]n2)C1. The molecule has 1 atom stereocenters. The van der Waals surface area contributed by atoms with E-state index in [1.165, 1.54) is 12.1 Å². The van der Waals surface area contributed by atoms with Crippen LogP contribution in [0.5, 0.6) is 11.5 Å². The predicted octanol–water partition coefficient (Wildman–Crippen LogP) is 3.52. The van der Waals surface area contributed by atoms with E-state index in [-0.39, 0.29) is 30.9 Å². The molecule has 4 rings (SSSR count). The second kappa shape index (κ2) is 8.77. The molecule has 0 spiro atoms. The van der Waals surface area contributed by atoms with E-state index < -0.39 is 0 Å². The highest BCUT2D eigenvalue weighted by Gasteiger charge is 2.29. The molecule has 1 N–H and O–H groups in total. The molecule has 1 unspecified atom stereocenters. The first-order valence-electron chi connectivity index (χ1n) is 9.55. The molecule has 1 aromatic heterocycles. The number of carbonyl (C=O) groups excluding carboxylic acids is 1. The summed E-state index contributed by atoms with van der Waals surface area (Å²) in [5.74, 6) is 0.972. The van der Waals surface area contributed by atoms with Crippen molar-refractivity contribution in [2.75, 3.05) is 19.7 Å². The summed E-state index contributed by atoms with van der Waals surface area (Å²) in [6, 6.07) is 17.3. The number of amides is 1. The summed E-state index contributed by atoms with van der Waals surface area (Å²) in [6.45, 7) is 1.61. The van der Waals surface area contributed by atoms with Gasteiger partial charge in [-0.3, -0.25) is 9.89 Å². The second-order valence-electron chi connectivity index (χ2n) is 6.99. The summed E-state index contributed by atoms with van der Waals surface area (Å²) in [7, 11) is 0. The van der Waals surface area contributed by atoms with E-state index in [0.29, 0.717) is 24.6 Å². The van der Waals surface area contributed by atoms with E-state index in [0.717, 1.165) is 17.8 Å². The minimum absolute atomic E-state index is 0.0263. The summed E-state index contributed by atoms with van der Waals surface area (Å²) in [5, 5.41) is 7.33. The molecule has 1 aliphatic rings. The van der Waals surface area contributed by atoms with Crippen molar-refractivity contribution in [2.24, 2.45) is 0 Å². The lowest BCUT2D eigenvalue weighted by Crippen LogP contribution is -2.32. The average molecular weight is 395 g/mol. The molecule has 1 aliphatic heterocycles. The topological polar surface area (TPSA) is 67.4 Å². The molecule has 0 radical (unpaired) electrons. The minimum Gasteiger partial charge on any atom is -0.487 e. The van der Waals surface area contributed by atoms with Crippen molar-refractivity contribution in [3.8, 4) is 11.5 Å². The van der Waals surface area contributed by atoms with Gasteiger partial charge >= 0.3 is 0 Å². The van der Waals surface area contributed by atoms with E-state index in [1.54, 1.807) is 12.1 Å². The molecule has 29 heavy (non-hydrogen) atoms. The maximum Gasteiger partial charge on any atom is 0.260 e. The Morgan fingerprint density at radius 2 is 1.93 bits per heavy atom. The highest BCUT2D eigenvalue weighted by Crippen LogP contribution is 2.26. The van der Waals surface area contributed by atoms with Gasteiger partial charge in [-0.15, -0.1) is 0 Å². The van der Waals surface area contributed by atoms with Crippen LogP contribution in [0.4, 0.5) is 4.39 Å². The van der Waals surface area contributed by atoms with Crippen LogP contribution in [0.2, 0.25) is 0 Å². The van der Waals surface area contributed by atoms with E-state index in [9.17, 15) is 9.18 Å². The smallest absolute Gasteiger partial charge is 0.260 e. The molecular weight excluding hydrogens is 373 g/mol. The quantitative estimate of drug-likeness (QED) is 0.665. The zero-order valence-electron chi connectivity index (χ0n) is 15.9. The highest BCUT2D eigenvalue weighted by atomic mass is 19.1. The molecule has 3 aromatic rings. The third kappa shape index (κ3) is 4.93. The van der Waals surface area contributed by atoms with Gasteiger partial charge in [-0.2, -0.15) is 5.10 Å². The zero-order chi connectivity index (χ0) is 20.1. The highest BCUT2D eigenvalue weighted by molar-refractivity contribution is 5.78. The molecule has 0 saturated carbocycles. The normalized spacial score (nSPS) is 16.0. The van der Waals surface area contributed by atoms with Gasteiger partial charge in [-0.25, -0.2) is 4.39 Å². The number of benzene rings is 2. The molecule has 2 heterocycles. The number of nitrogens with one attached hydrogen (secondary N) is 1. The summed E-state index contributed by atoms with van der Waals surface area (Å²) in [6.07, 6.45) is 0.853. The van der Waals surface area contributed by atoms with Crippen LogP contribution in [0.3, 0.4) is 0 Å². The van der Waals surface area contributed by atoms with Crippen LogP contribution < -0.4 is 9.47 Å². The molecule has 6 nitrogen and oxygen atoms in total. The average Bonchev–Trinajstić information content (AvgIpc) is 3.41. The molecule has 1 saturated heterocycles. The Balaban J connectivity index is 1.27. The third-order valence-corrected chi connectivity index (χ3v) is 4.91. The monoisotopic (exact) mass is 395 g/mol. The number of nitrogens with zero attached hydrogens (tertiary/aromatic N) is 2. The molecular formula is C22H22FN3O3. The van der Waals surface area contributed by atoms with Gasteiger partial charge < -0.3 is 14.4 Å². The molecule has 2 aromatic carbocycles. The third-order valence-electron chi connectivity index (χ3n) is 4.91. The predicted molar refractivity (Wildman–Crippen MR) is 105 cm³/mol. The van der Waals surface area contributed by atoms with Crippen LogP contribution in [-0.4, -0.2) is 40.7 Å². The van der Waals surface area contributed by atoms with Crippen LogP contribution in [0, 0.1) is 5.82 Å². The first-order valence-corrected chi connectivity index (χ1v) is 9.55. The van der Waals surface area contributed by atoms with Crippen molar-refractivity contribution < 1.29 is 18.7 Å². The van der Waals surface area contributed by atoms with Crippen LogP contribution in [-0.2, 0) is 11.4 Å². The number of hydrogen-bond acceptors (Lipinski definition) is 4. The molecule has 1 fully saturated rings. The number of halogens is 1. The van der Waals surface area contributed by atoms with Crippen molar-refractivity contribution in [1.82, 2.24) is 15.1 Å². The van der Waals surface area contributed by atoms with Gasteiger partial charge in [0.05, 0.1) is 11.4 Å². The van der Waals surface area contributed by atoms with Crippen LogP contribution in [0.1, 0.15) is 23.7 Å². The van der Waals surface area contributed by atoms with Gasteiger partial charge in [0.15, 0.2) is 6.61 Å². The Kier molecular flexibility index (Phi) is 5.74. The Bertz CT molecular complexity index is 961. The Labute approximate surface area is 168 Å². The number of likely N-dealkylation sites (tertiary alicyclic amines) is 1. The van der Waals surface area contributed by atoms with Crippen molar-refractivity contribution >= 4 is 5.91 Å². The van der Waals surface area contributed by atoms with Crippen molar-refractivity contribution in [2.45, 2.75) is 18.9 Å². The Hall–Kier alpha value is -3.35. The number of aromatic amines is 1. The second-order valence-corrected chi connectivity index (χ2v) is 6.99. The fourth-order valence-electron chi connectivity index (χ4n) is 3.36. The number of carbonyl (C=O) groups is 1. The number of hydrogen-bond donors (Lipinski definition) is 1. The fourth-order valence-corrected chi connectivity index (χ4v) is 3.36. The Morgan fingerprint density at radius 1 is 1.10 bits per heavy atom. The van der Waals surface area contributed by atoms with Crippen LogP contribution in [0.15, 0.2) is 60.7 Å². The van der Waals surface area contributed by atoms with E-state index in [1.807, 2.05) is 41.3 Å². The first kappa shape index (κ1) is 19.0. The number of rotatable bonds is 7. The summed E-state index contributed by atoms with van der Waals surface area (Å²) in [5.41, 5.74) is 1.71. The van der Waals surface area contributed by atoms with E-state index in [2.05, 4.69) is 10.2 Å². The fraction of sp³-hybridized carbons (Fsp3) is 0.273. The maximum atomic E-state index is 13.2. The van der Waals surface area contributed by atoms with Crippen molar-refractivity contribution in [3.05, 3.63) is 77.9 Å². The van der Waals surface area contributed by atoms with Crippen LogP contribution >= 0.6 is 0 Å². The minimum atomic E-state index is -0.334. The molecule has 7 heteroatoms. The number of ether oxygens (including phenoxy) is 2. The molecule has 1 amide bonds. The van der Waals surface area contributed by atoms with E-state index >= 15 is 0 Å². The lowest BCUT2D eigenvalue weighted by molar-refractivity contribution is -0.132. The summed E-state index contributed by atoms with van der Waals surface area (Å²) in [4.78, 5) is 14.2. The Morgan fingerprint density at radius 3 is 2.76 bits per heavy atom. The summed E-state index contributed by atoms with van der Waals surface area (Å²) < 4.78 is 24.4. The number of H-pyrrole nitrogens is 1. The van der Waals surface area contributed by atoms with Gasteiger partial charge in [0.1, 0.15) is 23.9 Å². The van der Waals surface area contributed by atoms with Crippen molar-refractivity contribution in [3.63, 3.8) is 0 Å². The lowest BCUT2D eigenvalue weighted by Gasteiger charge is -2.16. The van der Waals surface area contributed by atoms with Gasteiger partial charge in [-0.05, 0) is 36.8 Å². The van der Waals surface area contributed by atoms with Crippen LogP contribution in [0.25, 0.3) is 0 Å².